The van der Waals surface area contributed by atoms with E-state index in [1.54, 1.807) is 6.92 Å². The molecule has 0 saturated carbocycles. The van der Waals surface area contributed by atoms with Crippen molar-refractivity contribution in [1.29, 1.82) is 0 Å². The predicted molar refractivity (Wildman–Crippen MR) is 159 cm³/mol. The summed E-state index contributed by atoms with van der Waals surface area (Å²) < 4.78 is 0. The minimum Gasteiger partial charge on any atom is -0.344 e. The van der Waals surface area contributed by atoms with Gasteiger partial charge in [-0.3, -0.25) is 28.9 Å². The molecule has 0 spiro atoms. The Labute approximate surface area is 244 Å². The Bertz CT molecular complexity index is 1050. The number of ketones is 1. The third-order valence-electron chi connectivity index (χ3n) is 6.55. The molecule has 2 rings (SSSR count). The van der Waals surface area contributed by atoms with E-state index in [1.165, 1.54) is 18.7 Å². The SMILES string of the molecule is CC(C)=O.CCCC(NC(=O)C(NC(=O)CCCCCN1C(=O)CC(C)C1=O)C(C)C)C(=O)Nc1ccc(C)cc1. The Morgan fingerprint density at radius 2 is 1.56 bits per heavy atom. The van der Waals surface area contributed by atoms with Crippen LogP contribution in [0, 0.1) is 18.8 Å². The molecule has 10 heteroatoms. The molecule has 1 saturated heterocycles. The molecule has 228 valence electrons. The van der Waals surface area contributed by atoms with Gasteiger partial charge in [-0.15, -0.1) is 0 Å². The van der Waals surface area contributed by atoms with E-state index < -0.39 is 12.1 Å². The van der Waals surface area contributed by atoms with Gasteiger partial charge in [-0.1, -0.05) is 58.2 Å². The zero-order chi connectivity index (χ0) is 31.1. The highest BCUT2D eigenvalue weighted by Crippen LogP contribution is 2.19. The van der Waals surface area contributed by atoms with Gasteiger partial charge in [0.15, 0.2) is 0 Å². The lowest BCUT2D eigenvalue weighted by Crippen LogP contribution is -2.54. The summed E-state index contributed by atoms with van der Waals surface area (Å²) in [5.74, 6) is -1.42. The molecule has 1 fully saturated rings. The molecule has 1 heterocycles. The van der Waals surface area contributed by atoms with Crippen LogP contribution >= 0.6 is 0 Å². The van der Waals surface area contributed by atoms with Gasteiger partial charge in [0.25, 0.3) is 0 Å². The number of Topliss-reactive ketones (excluding diaryl/α,β-unsaturated/α-hetero) is 1. The zero-order valence-electron chi connectivity index (χ0n) is 25.7. The fourth-order valence-corrected chi connectivity index (χ4v) is 4.28. The molecule has 3 atom stereocenters. The standard InChI is InChI=1S/C28H42N4O5.C3H6O/c1-6-10-22(26(35)29-21-14-12-19(4)13-15-21)30-27(36)25(18(2)3)31-23(33)11-8-7-9-16-32-24(34)17-20(5)28(32)37;1-3(2)4/h12-15,18,20,22,25H,6-11,16-17H2,1-5H3,(H,29,35)(H,30,36)(H,31,33);1-2H3. The number of anilines is 1. The lowest BCUT2D eigenvalue weighted by molar-refractivity contribution is -0.139. The summed E-state index contributed by atoms with van der Waals surface area (Å²) in [6, 6.07) is 5.96. The van der Waals surface area contributed by atoms with Crippen LogP contribution in [0.25, 0.3) is 0 Å². The number of carbonyl (C=O) groups is 6. The second-order valence-electron chi connectivity index (χ2n) is 11.2. The smallest absolute Gasteiger partial charge is 0.246 e. The number of nitrogens with one attached hydrogen (secondary N) is 3. The van der Waals surface area contributed by atoms with Crippen LogP contribution < -0.4 is 16.0 Å². The molecule has 0 radical (unpaired) electrons. The Morgan fingerprint density at radius 1 is 0.951 bits per heavy atom. The first-order valence-electron chi connectivity index (χ1n) is 14.5. The van der Waals surface area contributed by atoms with Gasteiger partial charge in [0.1, 0.15) is 17.9 Å². The second kappa shape index (κ2) is 18.0. The van der Waals surface area contributed by atoms with E-state index in [1.807, 2.05) is 52.0 Å². The van der Waals surface area contributed by atoms with Gasteiger partial charge in [-0.25, -0.2) is 0 Å². The summed E-state index contributed by atoms with van der Waals surface area (Å²) in [7, 11) is 0. The van der Waals surface area contributed by atoms with Crippen molar-refractivity contribution >= 4 is 41.0 Å². The third-order valence-corrected chi connectivity index (χ3v) is 6.55. The number of benzene rings is 1. The molecule has 1 aromatic rings. The van der Waals surface area contributed by atoms with Crippen molar-refractivity contribution in [3.63, 3.8) is 0 Å². The highest BCUT2D eigenvalue weighted by Gasteiger charge is 2.34. The van der Waals surface area contributed by atoms with E-state index >= 15 is 0 Å². The van der Waals surface area contributed by atoms with Crippen LogP contribution in [0.3, 0.4) is 0 Å². The molecule has 41 heavy (non-hydrogen) atoms. The van der Waals surface area contributed by atoms with Crippen LogP contribution in [0.2, 0.25) is 0 Å². The van der Waals surface area contributed by atoms with Crippen molar-refractivity contribution < 1.29 is 28.8 Å². The van der Waals surface area contributed by atoms with Crippen molar-refractivity contribution in [2.45, 2.75) is 105 Å². The van der Waals surface area contributed by atoms with Crippen molar-refractivity contribution in [1.82, 2.24) is 15.5 Å². The first-order valence-corrected chi connectivity index (χ1v) is 14.5. The van der Waals surface area contributed by atoms with Gasteiger partial charge in [-0.05, 0) is 58.1 Å². The molecule has 0 aromatic heterocycles. The Morgan fingerprint density at radius 3 is 2.07 bits per heavy atom. The quantitative estimate of drug-likeness (QED) is 0.228. The van der Waals surface area contributed by atoms with Gasteiger partial charge in [0.05, 0.1) is 0 Å². The average Bonchev–Trinajstić information content (AvgIpc) is 3.13. The van der Waals surface area contributed by atoms with Crippen molar-refractivity contribution in [2.24, 2.45) is 11.8 Å². The molecule has 0 aliphatic carbocycles. The summed E-state index contributed by atoms with van der Waals surface area (Å²) >= 11 is 0. The van der Waals surface area contributed by atoms with Crippen molar-refractivity contribution in [2.75, 3.05) is 11.9 Å². The highest BCUT2D eigenvalue weighted by atomic mass is 16.2. The maximum atomic E-state index is 13.0. The molecule has 10 nitrogen and oxygen atoms in total. The average molecular weight is 573 g/mol. The molecule has 3 unspecified atom stereocenters. The first kappa shape index (κ1) is 35.5. The number of imide groups is 1. The molecule has 1 aliphatic heterocycles. The largest absolute Gasteiger partial charge is 0.344 e. The van der Waals surface area contributed by atoms with E-state index in [4.69, 9.17) is 0 Å². The fourth-order valence-electron chi connectivity index (χ4n) is 4.28. The van der Waals surface area contributed by atoms with Gasteiger partial charge in [0, 0.05) is 31.0 Å². The molecule has 1 aromatic carbocycles. The van der Waals surface area contributed by atoms with Crippen LogP contribution in [0.4, 0.5) is 5.69 Å². The minimum atomic E-state index is -0.764. The maximum Gasteiger partial charge on any atom is 0.246 e. The summed E-state index contributed by atoms with van der Waals surface area (Å²) in [6.45, 7) is 12.8. The van der Waals surface area contributed by atoms with Crippen molar-refractivity contribution in [3.8, 4) is 0 Å². The topological polar surface area (TPSA) is 142 Å². The van der Waals surface area contributed by atoms with Crippen LogP contribution in [-0.2, 0) is 28.8 Å². The monoisotopic (exact) mass is 572 g/mol. The predicted octanol–water partition coefficient (Wildman–Crippen LogP) is 3.91. The molecule has 1 aliphatic rings. The van der Waals surface area contributed by atoms with Crippen LogP contribution in [-0.4, -0.2) is 58.8 Å². The Hall–Kier alpha value is -3.56. The van der Waals surface area contributed by atoms with Gasteiger partial charge in [0.2, 0.25) is 29.5 Å². The van der Waals surface area contributed by atoms with Gasteiger partial charge < -0.3 is 20.7 Å². The molecule has 0 bridgehead atoms. The third kappa shape index (κ3) is 13.1. The Balaban J connectivity index is 0.00000196. The Kier molecular flexibility index (Phi) is 15.6. The van der Waals surface area contributed by atoms with Crippen molar-refractivity contribution in [3.05, 3.63) is 29.8 Å². The number of hydrogen-bond acceptors (Lipinski definition) is 6. The van der Waals surface area contributed by atoms with Gasteiger partial charge >= 0.3 is 0 Å². The lowest BCUT2D eigenvalue weighted by atomic mass is 10.0. The fraction of sp³-hybridized carbons (Fsp3) is 0.613. The minimum absolute atomic E-state index is 0.123. The molecule has 3 N–H and O–H groups in total. The zero-order valence-corrected chi connectivity index (χ0v) is 25.7. The summed E-state index contributed by atoms with van der Waals surface area (Å²) in [5, 5.41) is 8.48. The lowest BCUT2D eigenvalue weighted by Gasteiger charge is -2.25. The summed E-state index contributed by atoms with van der Waals surface area (Å²) in [4.78, 5) is 73.0. The number of carbonyl (C=O) groups excluding carboxylic acids is 6. The number of likely N-dealkylation sites (tertiary alicyclic amines) is 1. The molecule has 5 amide bonds. The van der Waals surface area contributed by atoms with E-state index in [9.17, 15) is 28.8 Å². The summed E-state index contributed by atoms with van der Waals surface area (Å²) in [6.07, 6.45) is 3.60. The second-order valence-corrected chi connectivity index (χ2v) is 11.2. The summed E-state index contributed by atoms with van der Waals surface area (Å²) in [5.41, 5.74) is 1.74. The number of hydrogen-bond donors (Lipinski definition) is 3. The van der Waals surface area contributed by atoms with Crippen LogP contribution in [0.15, 0.2) is 24.3 Å². The normalized spacial score (nSPS) is 16.0. The number of nitrogens with zero attached hydrogens (tertiary/aromatic N) is 1. The molecular weight excluding hydrogens is 524 g/mol. The number of aryl methyl sites for hydroxylation is 1. The molecular formula is C31H48N4O6. The first-order chi connectivity index (χ1) is 19.3. The number of rotatable bonds is 14. The number of unbranched alkanes of at least 4 members (excludes halogenated alkanes) is 2. The van der Waals surface area contributed by atoms with E-state index in [2.05, 4.69) is 16.0 Å². The van der Waals surface area contributed by atoms with E-state index in [-0.39, 0.29) is 60.0 Å². The van der Waals surface area contributed by atoms with E-state index in [0.717, 1.165) is 5.56 Å². The van der Waals surface area contributed by atoms with Gasteiger partial charge in [-0.2, -0.15) is 0 Å². The van der Waals surface area contributed by atoms with Crippen LogP contribution in [0.1, 0.15) is 92.1 Å². The van der Waals surface area contributed by atoms with Crippen LogP contribution in [0.5, 0.6) is 0 Å². The van der Waals surface area contributed by atoms with E-state index in [0.29, 0.717) is 44.3 Å². The maximum absolute atomic E-state index is 13.0. The highest BCUT2D eigenvalue weighted by molar-refractivity contribution is 6.03. The number of amides is 5.